The lowest BCUT2D eigenvalue weighted by Gasteiger charge is -2.02. The average molecular weight is 204 g/mol. The molecule has 1 aliphatic heterocycles. The van der Waals surface area contributed by atoms with Crippen LogP contribution in [-0.2, 0) is 6.42 Å². The number of benzene rings is 1. The van der Waals surface area contributed by atoms with Gasteiger partial charge in [-0.2, -0.15) is 0 Å². The normalized spacial score (nSPS) is 21.0. The molecule has 1 aromatic rings. The van der Waals surface area contributed by atoms with E-state index in [9.17, 15) is 0 Å². The molecule has 14 heavy (non-hydrogen) atoms. The Bertz CT molecular complexity index is 335. The van der Waals surface area contributed by atoms with Gasteiger partial charge >= 0.3 is 0 Å². The number of aryl methyl sites for hydroxylation is 1. The summed E-state index contributed by atoms with van der Waals surface area (Å²) in [5.74, 6) is 1.98. The Balaban J connectivity index is 2.21. The van der Waals surface area contributed by atoms with Gasteiger partial charge in [-0.05, 0) is 23.5 Å². The zero-order valence-electron chi connectivity index (χ0n) is 8.79. The van der Waals surface area contributed by atoms with Crippen LogP contribution < -0.4 is 0 Å². The molecule has 0 fully saturated rings. The molecule has 0 aliphatic carbocycles. The lowest BCUT2D eigenvalue weighted by molar-refractivity contribution is 0.862. The van der Waals surface area contributed by atoms with E-state index >= 15 is 0 Å². The minimum atomic E-state index is 0.737. The van der Waals surface area contributed by atoms with E-state index in [0.717, 1.165) is 12.3 Å². The topological polar surface area (TPSA) is 0 Å². The highest BCUT2D eigenvalue weighted by Crippen LogP contribution is 2.36. The quantitative estimate of drug-likeness (QED) is 0.702. The summed E-state index contributed by atoms with van der Waals surface area (Å²) in [5, 5.41) is 0. The van der Waals surface area contributed by atoms with Gasteiger partial charge in [0.05, 0.1) is 0 Å². The molecule has 0 aromatic heterocycles. The molecule has 0 N–H and O–H groups in total. The van der Waals surface area contributed by atoms with Gasteiger partial charge in [-0.25, -0.2) is 0 Å². The number of hydrogen-bond acceptors (Lipinski definition) is 1. The van der Waals surface area contributed by atoms with Gasteiger partial charge in [0.15, 0.2) is 0 Å². The molecule has 0 nitrogen and oxygen atoms in total. The molecule has 1 aliphatic rings. The maximum Gasteiger partial charge on any atom is 0.0108 e. The fraction of sp³-hybridized carbons (Fsp3) is 0.385. The lowest BCUT2D eigenvalue weighted by Crippen LogP contribution is -1.83. The minimum absolute atomic E-state index is 0.737. The largest absolute Gasteiger partial charge is 0.125 e. The van der Waals surface area contributed by atoms with Gasteiger partial charge in [0.1, 0.15) is 0 Å². The Morgan fingerprint density at radius 2 is 2.00 bits per heavy atom. The third kappa shape index (κ3) is 2.03. The van der Waals surface area contributed by atoms with E-state index < -0.39 is 0 Å². The Morgan fingerprint density at radius 1 is 1.29 bits per heavy atom. The smallest absolute Gasteiger partial charge is 0.0108 e. The van der Waals surface area contributed by atoms with Crippen LogP contribution in [0.15, 0.2) is 30.3 Å². The molecule has 0 saturated heterocycles. The monoisotopic (exact) mass is 204 g/mol. The molecule has 0 radical (unpaired) electrons. The second-order valence-electron chi connectivity index (χ2n) is 3.87. The summed E-state index contributed by atoms with van der Waals surface area (Å²) < 4.78 is 0. The number of allylic oxidation sites excluding steroid dienone is 1. The van der Waals surface area contributed by atoms with E-state index in [2.05, 4.69) is 44.2 Å². The standard InChI is InChI=1S/C13H16S/c1-3-11-4-6-12(7-5-11)13-8-10(2)9-14-13/h4-8,10H,3,9H2,1-2H3. The molecule has 0 spiro atoms. The first-order chi connectivity index (χ1) is 6.79. The Hall–Kier alpha value is -0.690. The van der Waals surface area contributed by atoms with Gasteiger partial charge in [0.25, 0.3) is 0 Å². The van der Waals surface area contributed by atoms with Crippen LogP contribution in [0.5, 0.6) is 0 Å². The second-order valence-corrected chi connectivity index (χ2v) is 4.93. The Labute approximate surface area is 90.4 Å². The van der Waals surface area contributed by atoms with Crippen LogP contribution in [0.25, 0.3) is 4.91 Å². The van der Waals surface area contributed by atoms with Crippen molar-refractivity contribution < 1.29 is 0 Å². The number of thioether (sulfide) groups is 1. The SMILES string of the molecule is CCc1ccc(C2=CC(C)CS2)cc1. The summed E-state index contributed by atoms with van der Waals surface area (Å²) in [4.78, 5) is 1.46. The maximum atomic E-state index is 2.38. The van der Waals surface area contributed by atoms with Crippen LogP contribution in [0.2, 0.25) is 0 Å². The van der Waals surface area contributed by atoms with Crippen LogP contribution in [0, 0.1) is 5.92 Å². The van der Waals surface area contributed by atoms with Crippen molar-refractivity contribution in [1.29, 1.82) is 0 Å². The number of hydrogen-bond donors (Lipinski definition) is 0. The molecule has 0 saturated carbocycles. The number of rotatable bonds is 2. The molecule has 1 atom stereocenters. The van der Waals surface area contributed by atoms with E-state index in [1.165, 1.54) is 21.8 Å². The van der Waals surface area contributed by atoms with Crippen LogP contribution >= 0.6 is 11.8 Å². The van der Waals surface area contributed by atoms with E-state index in [4.69, 9.17) is 0 Å². The van der Waals surface area contributed by atoms with Crippen molar-refractivity contribution >= 4 is 16.7 Å². The van der Waals surface area contributed by atoms with Gasteiger partial charge in [-0.15, -0.1) is 11.8 Å². The van der Waals surface area contributed by atoms with Crippen LogP contribution in [-0.4, -0.2) is 5.75 Å². The Morgan fingerprint density at radius 3 is 2.50 bits per heavy atom. The Kier molecular flexibility index (Phi) is 2.97. The molecule has 1 unspecified atom stereocenters. The van der Waals surface area contributed by atoms with Gasteiger partial charge < -0.3 is 0 Å². The summed E-state index contributed by atoms with van der Waals surface area (Å²) in [5.41, 5.74) is 2.81. The maximum absolute atomic E-state index is 2.38. The molecule has 0 bridgehead atoms. The van der Waals surface area contributed by atoms with Crippen molar-refractivity contribution in [3.8, 4) is 0 Å². The van der Waals surface area contributed by atoms with E-state index in [1.54, 1.807) is 0 Å². The van der Waals surface area contributed by atoms with Crippen molar-refractivity contribution in [2.75, 3.05) is 5.75 Å². The fourth-order valence-corrected chi connectivity index (χ4v) is 2.83. The zero-order chi connectivity index (χ0) is 9.97. The highest BCUT2D eigenvalue weighted by atomic mass is 32.2. The van der Waals surface area contributed by atoms with Gasteiger partial charge in [-0.1, -0.05) is 44.2 Å². The van der Waals surface area contributed by atoms with Crippen molar-refractivity contribution in [2.45, 2.75) is 20.3 Å². The average Bonchev–Trinajstić information content (AvgIpc) is 2.65. The van der Waals surface area contributed by atoms with Crippen molar-refractivity contribution in [1.82, 2.24) is 0 Å². The predicted molar refractivity (Wildman–Crippen MR) is 65.4 cm³/mol. The predicted octanol–water partition coefficient (Wildman–Crippen LogP) is 3.97. The fourth-order valence-electron chi connectivity index (χ4n) is 1.66. The molecule has 74 valence electrons. The minimum Gasteiger partial charge on any atom is -0.125 e. The van der Waals surface area contributed by atoms with Crippen LogP contribution in [0.4, 0.5) is 0 Å². The molecule has 1 heteroatoms. The summed E-state index contributed by atoms with van der Waals surface area (Å²) >= 11 is 1.98. The van der Waals surface area contributed by atoms with Crippen molar-refractivity contribution in [3.05, 3.63) is 41.5 Å². The van der Waals surface area contributed by atoms with Crippen LogP contribution in [0.3, 0.4) is 0 Å². The first-order valence-electron chi connectivity index (χ1n) is 5.23. The van der Waals surface area contributed by atoms with Gasteiger partial charge in [0, 0.05) is 10.7 Å². The first kappa shape index (κ1) is 9.85. The highest BCUT2D eigenvalue weighted by Gasteiger charge is 2.13. The van der Waals surface area contributed by atoms with E-state index in [0.29, 0.717) is 0 Å². The highest BCUT2D eigenvalue weighted by molar-refractivity contribution is 8.08. The van der Waals surface area contributed by atoms with Gasteiger partial charge in [0.2, 0.25) is 0 Å². The van der Waals surface area contributed by atoms with Gasteiger partial charge in [-0.3, -0.25) is 0 Å². The summed E-state index contributed by atoms with van der Waals surface area (Å²) in [7, 11) is 0. The molecular formula is C13H16S. The molecule has 2 rings (SSSR count). The van der Waals surface area contributed by atoms with E-state index in [-0.39, 0.29) is 0 Å². The first-order valence-corrected chi connectivity index (χ1v) is 6.22. The molecule has 1 heterocycles. The summed E-state index contributed by atoms with van der Waals surface area (Å²) in [6.07, 6.45) is 3.51. The third-order valence-corrected chi connectivity index (χ3v) is 3.96. The molecule has 0 amide bonds. The summed E-state index contributed by atoms with van der Waals surface area (Å²) in [6.45, 7) is 4.47. The van der Waals surface area contributed by atoms with Crippen LogP contribution in [0.1, 0.15) is 25.0 Å². The lowest BCUT2D eigenvalue weighted by atomic mass is 10.1. The van der Waals surface area contributed by atoms with E-state index in [1.807, 2.05) is 11.8 Å². The zero-order valence-corrected chi connectivity index (χ0v) is 9.60. The summed E-state index contributed by atoms with van der Waals surface area (Å²) in [6, 6.07) is 8.96. The molecular weight excluding hydrogens is 188 g/mol. The van der Waals surface area contributed by atoms with Crippen molar-refractivity contribution in [2.24, 2.45) is 5.92 Å². The van der Waals surface area contributed by atoms with Crippen molar-refractivity contribution in [3.63, 3.8) is 0 Å². The molecule has 1 aromatic carbocycles. The third-order valence-electron chi connectivity index (χ3n) is 2.58. The second kappa shape index (κ2) is 4.22.